The second-order valence-electron chi connectivity index (χ2n) is 4.82. The van der Waals surface area contributed by atoms with Gasteiger partial charge in [-0.05, 0) is 19.8 Å². The van der Waals surface area contributed by atoms with Crippen molar-refractivity contribution in [3.63, 3.8) is 0 Å². The zero-order chi connectivity index (χ0) is 11.8. The van der Waals surface area contributed by atoms with Crippen LogP contribution in [0.15, 0.2) is 4.99 Å². The lowest BCUT2D eigenvalue weighted by atomic mass is 10.0. The van der Waals surface area contributed by atoms with Gasteiger partial charge in [0.05, 0.1) is 17.5 Å². The number of nitrogens with zero attached hydrogens (tertiary/aromatic N) is 1. The number of rotatable bonds is 2. The second-order valence-corrected chi connectivity index (χ2v) is 8.01. The van der Waals surface area contributed by atoms with Crippen LogP contribution in [0.3, 0.4) is 0 Å². The Balaban J connectivity index is 2.00. The quantitative estimate of drug-likeness (QED) is 0.807. The predicted octanol–water partition coefficient (Wildman–Crippen LogP) is 1.03. The highest BCUT2D eigenvalue weighted by Crippen LogP contribution is 2.27. The summed E-state index contributed by atoms with van der Waals surface area (Å²) < 4.78 is 22.6. The molecule has 0 aromatic heterocycles. The maximum atomic E-state index is 11.3. The van der Waals surface area contributed by atoms with Gasteiger partial charge in [-0.15, -0.1) is 0 Å². The average molecular weight is 262 g/mol. The Morgan fingerprint density at radius 1 is 1.62 bits per heavy atom. The minimum Gasteiger partial charge on any atom is -0.359 e. The van der Waals surface area contributed by atoms with Gasteiger partial charge >= 0.3 is 0 Å². The van der Waals surface area contributed by atoms with Crippen molar-refractivity contribution in [1.82, 2.24) is 5.32 Å². The fourth-order valence-electron chi connectivity index (χ4n) is 1.86. The number of hydrogen-bond donors (Lipinski definition) is 1. The number of thioether (sulfide) groups is 1. The Bertz CT molecular complexity index is 405. The van der Waals surface area contributed by atoms with Crippen molar-refractivity contribution in [2.24, 2.45) is 4.99 Å². The van der Waals surface area contributed by atoms with Crippen LogP contribution in [-0.4, -0.2) is 42.4 Å². The highest BCUT2D eigenvalue weighted by Gasteiger charge is 2.33. The van der Waals surface area contributed by atoms with Crippen LogP contribution in [0.5, 0.6) is 0 Å². The van der Waals surface area contributed by atoms with Gasteiger partial charge in [0.2, 0.25) is 0 Å². The van der Waals surface area contributed by atoms with E-state index in [4.69, 9.17) is 0 Å². The molecule has 2 aliphatic heterocycles. The molecule has 0 aliphatic carbocycles. The molecule has 2 unspecified atom stereocenters. The highest BCUT2D eigenvalue weighted by atomic mass is 32.2. The van der Waals surface area contributed by atoms with Gasteiger partial charge in [-0.25, -0.2) is 8.42 Å². The van der Waals surface area contributed by atoms with Crippen LogP contribution < -0.4 is 5.32 Å². The van der Waals surface area contributed by atoms with E-state index in [2.05, 4.69) is 24.2 Å². The van der Waals surface area contributed by atoms with Crippen LogP contribution in [-0.2, 0) is 9.84 Å². The lowest BCUT2D eigenvalue weighted by Gasteiger charge is -2.21. The molecule has 0 aromatic rings. The molecule has 0 amide bonds. The number of aliphatic imine (C=N–C) groups is 1. The van der Waals surface area contributed by atoms with Gasteiger partial charge in [-0.1, -0.05) is 18.7 Å². The largest absolute Gasteiger partial charge is 0.359 e. The Morgan fingerprint density at radius 2 is 2.38 bits per heavy atom. The Kier molecular flexibility index (Phi) is 3.22. The highest BCUT2D eigenvalue weighted by molar-refractivity contribution is 8.14. The molecular formula is C10H18N2O2S2. The van der Waals surface area contributed by atoms with Gasteiger partial charge in [0.15, 0.2) is 15.0 Å². The maximum absolute atomic E-state index is 11.3. The SMILES string of the molecule is CCC1(C)CSC(=NC2CCS(=O)(=O)C2)N1. The van der Waals surface area contributed by atoms with Gasteiger partial charge in [-0.2, -0.15) is 0 Å². The average Bonchev–Trinajstić information content (AvgIpc) is 2.72. The summed E-state index contributed by atoms with van der Waals surface area (Å²) >= 11 is 1.70. The van der Waals surface area contributed by atoms with Crippen LogP contribution in [0.4, 0.5) is 0 Å². The lowest BCUT2D eigenvalue weighted by Crippen LogP contribution is -2.40. The first-order valence-corrected chi connectivity index (χ1v) is 8.42. The molecule has 0 radical (unpaired) electrons. The Labute approximate surface area is 101 Å². The van der Waals surface area contributed by atoms with Gasteiger partial charge in [-0.3, -0.25) is 4.99 Å². The summed E-state index contributed by atoms with van der Waals surface area (Å²) in [6.45, 7) is 4.32. The molecule has 2 aliphatic rings. The fourth-order valence-corrected chi connectivity index (χ4v) is 4.76. The predicted molar refractivity (Wildman–Crippen MR) is 68.8 cm³/mol. The summed E-state index contributed by atoms with van der Waals surface area (Å²) in [5.41, 5.74) is 0.126. The summed E-state index contributed by atoms with van der Waals surface area (Å²) in [4.78, 5) is 4.50. The number of nitrogens with one attached hydrogen (secondary N) is 1. The third kappa shape index (κ3) is 2.71. The van der Waals surface area contributed by atoms with Gasteiger partial charge in [0.1, 0.15) is 0 Å². The Morgan fingerprint density at radius 3 is 2.88 bits per heavy atom. The van der Waals surface area contributed by atoms with Crippen molar-refractivity contribution >= 4 is 26.8 Å². The van der Waals surface area contributed by atoms with E-state index in [-0.39, 0.29) is 17.3 Å². The monoisotopic (exact) mass is 262 g/mol. The van der Waals surface area contributed by atoms with Crippen molar-refractivity contribution in [3.05, 3.63) is 0 Å². The van der Waals surface area contributed by atoms with Crippen molar-refractivity contribution in [1.29, 1.82) is 0 Å². The minimum absolute atomic E-state index is 0.0285. The minimum atomic E-state index is -2.82. The number of amidine groups is 1. The molecule has 2 fully saturated rings. The van der Waals surface area contributed by atoms with Crippen molar-refractivity contribution < 1.29 is 8.42 Å². The van der Waals surface area contributed by atoms with Gasteiger partial charge < -0.3 is 5.32 Å². The molecule has 0 spiro atoms. The summed E-state index contributed by atoms with van der Waals surface area (Å²) in [5, 5.41) is 4.31. The molecule has 2 heterocycles. The molecule has 2 atom stereocenters. The van der Waals surface area contributed by atoms with E-state index in [1.807, 2.05) is 0 Å². The zero-order valence-electron chi connectivity index (χ0n) is 9.69. The normalized spacial score (nSPS) is 40.1. The first kappa shape index (κ1) is 12.2. The van der Waals surface area contributed by atoms with E-state index >= 15 is 0 Å². The molecule has 0 bridgehead atoms. The van der Waals surface area contributed by atoms with E-state index < -0.39 is 9.84 Å². The third-order valence-electron chi connectivity index (χ3n) is 3.22. The summed E-state index contributed by atoms with van der Waals surface area (Å²) in [7, 11) is -2.82. The lowest BCUT2D eigenvalue weighted by molar-refractivity contribution is 0.465. The maximum Gasteiger partial charge on any atom is 0.157 e. The van der Waals surface area contributed by atoms with E-state index in [9.17, 15) is 8.42 Å². The third-order valence-corrected chi connectivity index (χ3v) is 6.24. The first-order chi connectivity index (χ1) is 7.42. The molecule has 0 saturated carbocycles. The molecule has 6 heteroatoms. The van der Waals surface area contributed by atoms with Crippen LogP contribution >= 0.6 is 11.8 Å². The summed E-state index contributed by atoms with van der Waals surface area (Å²) in [6.07, 6.45) is 1.74. The topological polar surface area (TPSA) is 58.5 Å². The van der Waals surface area contributed by atoms with Crippen LogP contribution in [0.1, 0.15) is 26.7 Å². The number of hydrogen-bond acceptors (Lipinski definition) is 4. The van der Waals surface area contributed by atoms with Crippen LogP contribution in [0.25, 0.3) is 0 Å². The van der Waals surface area contributed by atoms with Gasteiger partial charge in [0.25, 0.3) is 0 Å². The van der Waals surface area contributed by atoms with Crippen molar-refractivity contribution in [3.8, 4) is 0 Å². The van der Waals surface area contributed by atoms with Crippen LogP contribution in [0, 0.1) is 0 Å². The molecule has 16 heavy (non-hydrogen) atoms. The number of sulfone groups is 1. The fraction of sp³-hybridized carbons (Fsp3) is 0.900. The Hall–Kier alpha value is -0.230. The van der Waals surface area contributed by atoms with E-state index in [0.29, 0.717) is 12.2 Å². The van der Waals surface area contributed by atoms with E-state index in [1.165, 1.54) is 0 Å². The van der Waals surface area contributed by atoms with Crippen molar-refractivity contribution in [2.45, 2.75) is 38.3 Å². The summed E-state index contributed by atoms with van der Waals surface area (Å²) in [6, 6.07) is -0.0285. The zero-order valence-corrected chi connectivity index (χ0v) is 11.3. The molecular weight excluding hydrogens is 244 g/mol. The second kappa shape index (κ2) is 4.22. The van der Waals surface area contributed by atoms with Crippen LogP contribution in [0.2, 0.25) is 0 Å². The molecule has 0 aromatic carbocycles. The smallest absolute Gasteiger partial charge is 0.157 e. The first-order valence-electron chi connectivity index (χ1n) is 5.62. The summed E-state index contributed by atoms with van der Waals surface area (Å²) in [5.74, 6) is 1.54. The molecule has 2 rings (SSSR count). The molecule has 2 saturated heterocycles. The molecule has 1 N–H and O–H groups in total. The van der Waals surface area contributed by atoms with Crippen molar-refractivity contribution in [2.75, 3.05) is 17.3 Å². The molecule has 4 nitrogen and oxygen atoms in total. The molecule has 92 valence electrons. The van der Waals surface area contributed by atoms with E-state index in [0.717, 1.165) is 17.3 Å². The standard InChI is InChI=1S/C10H18N2O2S2/c1-3-10(2)7-15-9(12-10)11-8-4-5-16(13,14)6-8/h8H,3-7H2,1-2H3,(H,11,12). The van der Waals surface area contributed by atoms with E-state index in [1.54, 1.807) is 11.8 Å². The van der Waals surface area contributed by atoms with Gasteiger partial charge in [0, 0.05) is 11.3 Å².